The second kappa shape index (κ2) is 4.36. The first-order chi connectivity index (χ1) is 9.15. The Morgan fingerprint density at radius 1 is 1.42 bits per heavy atom. The fourth-order valence-electron chi connectivity index (χ4n) is 2.33. The van der Waals surface area contributed by atoms with Gasteiger partial charge in [0, 0.05) is 5.39 Å². The maximum absolute atomic E-state index is 12.5. The van der Waals surface area contributed by atoms with Crippen LogP contribution in [0.1, 0.15) is 5.76 Å². The van der Waals surface area contributed by atoms with Crippen LogP contribution in [0, 0.1) is 6.92 Å². The molecule has 0 saturated carbocycles. The van der Waals surface area contributed by atoms with Crippen LogP contribution in [-0.2, 0) is 6.67 Å². The van der Waals surface area contributed by atoms with Gasteiger partial charge in [0.25, 0.3) is 5.56 Å². The first-order valence-electron chi connectivity index (χ1n) is 5.86. The minimum atomic E-state index is -0.127. The van der Waals surface area contributed by atoms with Crippen molar-refractivity contribution in [3.8, 4) is 0 Å². The maximum atomic E-state index is 12.5. The molecule has 0 aliphatic carbocycles. The predicted molar refractivity (Wildman–Crippen MR) is 74.6 cm³/mol. The fraction of sp³-hybridized carbons (Fsp3) is 0.231. The molecule has 2 heterocycles. The highest BCUT2D eigenvalue weighted by molar-refractivity contribution is 6.37. The normalized spacial score (nSPS) is 11.5. The van der Waals surface area contributed by atoms with Gasteiger partial charge in [-0.25, -0.2) is 0 Å². The number of hydrogen-bond donors (Lipinski definition) is 1. The number of halogens is 1. The Morgan fingerprint density at radius 2 is 2.21 bits per heavy atom. The summed E-state index contributed by atoms with van der Waals surface area (Å²) < 4.78 is 6.78. The van der Waals surface area contributed by atoms with Crippen LogP contribution in [0.15, 0.2) is 27.5 Å². The zero-order valence-corrected chi connectivity index (χ0v) is 11.3. The number of pyridine rings is 1. The van der Waals surface area contributed by atoms with Crippen LogP contribution in [0.25, 0.3) is 21.8 Å². The van der Waals surface area contributed by atoms with E-state index in [9.17, 15) is 4.79 Å². The highest BCUT2D eigenvalue weighted by Gasteiger charge is 2.18. The third kappa shape index (κ3) is 1.66. The second-order valence-electron chi connectivity index (χ2n) is 4.34. The maximum Gasteiger partial charge on any atom is 0.265 e. The lowest BCUT2D eigenvalue weighted by atomic mass is 10.1. The van der Waals surface area contributed by atoms with Crippen molar-refractivity contribution in [3.63, 3.8) is 0 Å². The Kier molecular flexibility index (Phi) is 2.80. The van der Waals surface area contributed by atoms with Gasteiger partial charge in [0.2, 0.25) is 0 Å². The average Bonchev–Trinajstić information content (AvgIpc) is 2.76. The molecule has 0 saturated heterocycles. The molecule has 3 aromatic rings. The smallest absolute Gasteiger partial charge is 0.265 e. The topological polar surface area (TPSA) is 60.1 Å². The summed E-state index contributed by atoms with van der Waals surface area (Å²) in [6, 6.07) is 5.44. The molecule has 0 amide bonds. The SMILES string of the molecule is CNCn1c(=O)c2c(C)onc2c2c(Cl)cccc21. The first-order valence-corrected chi connectivity index (χ1v) is 6.24. The molecule has 0 atom stereocenters. The number of hydrogen-bond acceptors (Lipinski definition) is 4. The summed E-state index contributed by atoms with van der Waals surface area (Å²) in [5, 5.41) is 8.74. The molecule has 6 heteroatoms. The number of nitrogens with one attached hydrogen (secondary N) is 1. The van der Waals surface area contributed by atoms with Crippen LogP contribution in [0.2, 0.25) is 5.02 Å². The predicted octanol–water partition coefficient (Wildman–Crippen LogP) is 2.28. The Morgan fingerprint density at radius 3 is 2.95 bits per heavy atom. The second-order valence-corrected chi connectivity index (χ2v) is 4.75. The minimum absolute atomic E-state index is 0.127. The summed E-state index contributed by atoms with van der Waals surface area (Å²) in [5.74, 6) is 0.506. The largest absolute Gasteiger partial charge is 0.360 e. The molecule has 0 bridgehead atoms. The van der Waals surface area contributed by atoms with E-state index in [1.165, 1.54) is 0 Å². The lowest BCUT2D eigenvalue weighted by molar-refractivity contribution is 0.406. The molecule has 0 fully saturated rings. The van der Waals surface area contributed by atoms with E-state index < -0.39 is 0 Å². The summed E-state index contributed by atoms with van der Waals surface area (Å²) in [6.45, 7) is 2.12. The van der Waals surface area contributed by atoms with Gasteiger partial charge in [-0.05, 0) is 26.1 Å². The van der Waals surface area contributed by atoms with E-state index in [2.05, 4.69) is 10.5 Å². The molecule has 1 aromatic carbocycles. The van der Waals surface area contributed by atoms with Gasteiger partial charge in [0.15, 0.2) is 0 Å². The van der Waals surface area contributed by atoms with E-state index in [0.29, 0.717) is 28.4 Å². The van der Waals surface area contributed by atoms with E-state index in [1.807, 2.05) is 12.1 Å². The van der Waals surface area contributed by atoms with Crippen LogP contribution in [0.3, 0.4) is 0 Å². The molecular weight excluding hydrogens is 266 g/mol. The number of benzene rings is 1. The Hall–Kier alpha value is -1.85. The number of fused-ring (bicyclic) bond motifs is 3. The summed E-state index contributed by atoms with van der Waals surface area (Å²) in [5.41, 5.74) is 1.14. The van der Waals surface area contributed by atoms with Crippen molar-refractivity contribution in [2.75, 3.05) is 7.05 Å². The number of rotatable bonds is 2. The molecule has 0 radical (unpaired) electrons. The average molecular weight is 278 g/mol. The van der Waals surface area contributed by atoms with Crippen molar-refractivity contribution in [1.82, 2.24) is 15.0 Å². The van der Waals surface area contributed by atoms with Gasteiger partial charge in [0.1, 0.15) is 16.7 Å². The highest BCUT2D eigenvalue weighted by Crippen LogP contribution is 2.29. The first kappa shape index (κ1) is 12.2. The van der Waals surface area contributed by atoms with E-state index in [1.54, 1.807) is 24.6 Å². The molecule has 0 aliphatic heterocycles. The van der Waals surface area contributed by atoms with Crippen LogP contribution >= 0.6 is 11.6 Å². The Bertz CT molecular complexity index is 835. The van der Waals surface area contributed by atoms with E-state index in [4.69, 9.17) is 16.1 Å². The van der Waals surface area contributed by atoms with Gasteiger partial charge in [-0.1, -0.05) is 22.8 Å². The van der Waals surface area contributed by atoms with Gasteiger partial charge in [-0.3, -0.25) is 9.36 Å². The van der Waals surface area contributed by atoms with Gasteiger partial charge in [-0.15, -0.1) is 0 Å². The lowest BCUT2D eigenvalue weighted by Crippen LogP contribution is -2.26. The van der Waals surface area contributed by atoms with Crippen LogP contribution < -0.4 is 10.9 Å². The molecule has 19 heavy (non-hydrogen) atoms. The van der Waals surface area contributed by atoms with Crippen LogP contribution in [0.4, 0.5) is 0 Å². The van der Waals surface area contributed by atoms with E-state index in [0.717, 1.165) is 10.9 Å². The third-order valence-corrected chi connectivity index (χ3v) is 3.47. The summed E-state index contributed by atoms with van der Waals surface area (Å²) in [4.78, 5) is 12.5. The number of nitrogens with zero attached hydrogens (tertiary/aromatic N) is 2. The molecule has 1 N–H and O–H groups in total. The molecule has 0 unspecified atom stereocenters. The molecule has 98 valence electrons. The number of aryl methyl sites for hydroxylation is 1. The summed E-state index contributed by atoms with van der Waals surface area (Å²) >= 11 is 6.25. The standard InChI is InChI=1S/C13H12ClN3O2/c1-7-10-12(16-19-7)11-8(14)4-3-5-9(11)17(6-15-2)13(10)18/h3-5,15H,6H2,1-2H3. The quantitative estimate of drug-likeness (QED) is 0.781. The summed E-state index contributed by atoms with van der Waals surface area (Å²) in [7, 11) is 1.79. The van der Waals surface area contributed by atoms with Gasteiger partial charge in [-0.2, -0.15) is 0 Å². The highest BCUT2D eigenvalue weighted by atomic mass is 35.5. The van der Waals surface area contributed by atoms with Crippen molar-refractivity contribution in [1.29, 1.82) is 0 Å². The van der Waals surface area contributed by atoms with Crippen molar-refractivity contribution >= 4 is 33.4 Å². The molecule has 5 nitrogen and oxygen atoms in total. The zero-order chi connectivity index (χ0) is 13.6. The molecule has 0 spiro atoms. The molecular formula is C13H12ClN3O2. The Labute approximate surface area is 113 Å². The monoisotopic (exact) mass is 277 g/mol. The van der Waals surface area contributed by atoms with Gasteiger partial charge in [0.05, 0.1) is 17.2 Å². The molecule has 0 aliphatic rings. The van der Waals surface area contributed by atoms with Gasteiger partial charge >= 0.3 is 0 Å². The van der Waals surface area contributed by atoms with Crippen LogP contribution in [0.5, 0.6) is 0 Å². The van der Waals surface area contributed by atoms with Crippen molar-refractivity contribution in [2.45, 2.75) is 13.6 Å². The fourth-order valence-corrected chi connectivity index (χ4v) is 2.59. The number of aromatic nitrogens is 2. The van der Waals surface area contributed by atoms with Gasteiger partial charge < -0.3 is 9.84 Å². The van der Waals surface area contributed by atoms with Crippen LogP contribution in [-0.4, -0.2) is 16.8 Å². The Balaban J connectivity index is 2.64. The zero-order valence-electron chi connectivity index (χ0n) is 10.5. The third-order valence-electron chi connectivity index (χ3n) is 3.16. The van der Waals surface area contributed by atoms with Crippen molar-refractivity contribution < 1.29 is 4.52 Å². The lowest BCUT2D eigenvalue weighted by Gasteiger charge is -2.10. The molecule has 2 aromatic heterocycles. The van der Waals surface area contributed by atoms with E-state index in [-0.39, 0.29) is 5.56 Å². The van der Waals surface area contributed by atoms with E-state index >= 15 is 0 Å². The van der Waals surface area contributed by atoms with Crippen molar-refractivity contribution in [2.24, 2.45) is 0 Å². The minimum Gasteiger partial charge on any atom is -0.360 e. The summed E-state index contributed by atoms with van der Waals surface area (Å²) in [6.07, 6.45) is 0. The molecule has 3 rings (SSSR count). The van der Waals surface area contributed by atoms with Crippen molar-refractivity contribution in [3.05, 3.63) is 39.3 Å².